The Hall–Kier alpha value is 1.16. The van der Waals surface area contributed by atoms with Crippen LogP contribution in [0.25, 0.3) is 0 Å². The van der Waals surface area contributed by atoms with Gasteiger partial charge in [-0.25, -0.2) is 0 Å². The van der Waals surface area contributed by atoms with Crippen LogP contribution < -0.4 is 24.8 Å². The third-order valence-electron chi connectivity index (χ3n) is 3.68. The van der Waals surface area contributed by atoms with Gasteiger partial charge in [0, 0.05) is 8.80 Å². The summed E-state index contributed by atoms with van der Waals surface area (Å²) in [6.45, 7) is 14.1. The Morgan fingerprint density at radius 3 is 1.60 bits per heavy atom. The van der Waals surface area contributed by atoms with Crippen molar-refractivity contribution < 1.29 is 51.0 Å². The van der Waals surface area contributed by atoms with Crippen LogP contribution in [-0.2, 0) is 26.2 Å². The van der Waals surface area contributed by atoms with Crippen molar-refractivity contribution in [3.8, 4) is 0 Å². The van der Waals surface area contributed by atoms with Gasteiger partial charge >= 0.3 is 26.2 Å². The molecule has 0 N–H and O–H groups in total. The number of hydrogen-bond donors (Lipinski definition) is 0. The van der Waals surface area contributed by atoms with E-state index in [4.69, 9.17) is 0 Å². The van der Waals surface area contributed by atoms with Crippen LogP contribution in [0.4, 0.5) is 0 Å². The Labute approximate surface area is 128 Å². The van der Waals surface area contributed by atoms with Gasteiger partial charge < -0.3 is 24.8 Å². The van der Waals surface area contributed by atoms with Crippen molar-refractivity contribution >= 4 is 8.80 Å². The van der Waals surface area contributed by atoms with Gasteiger partial charge in [-0.05, 0) is 31.4 Å². The third-order valence-corrected chi connectivity index (χ3v) is 6.68. The zero-order valence-corrected chi connectivity index (χ0v) is 15.5. The van der Waals surface area contributed by atoms with Crippen molar-refractivity contribution in [2.24, 2.45) is 0 Å². The summed E-state index contributed by atoms with van der Waals surface area (Å²) in [6.07, 6.45) is 2.48. The molecule has 0 aliphatic heterocycles. The summed E-state index contributed by atoms with van der Waals surface area (Å²) in [6, 6.07) is 0. The van der Waals surface area contributed by atoms with E-state index >= 15 is 0 Å². The van der Waals surface area contributed by atoms with Crippen LogP contribution in [-0.4, -0.2) is 8.80 Å². The Kier molecular flexibility index (Phi) is 10.7. The van der Waals surface area contributed by atoms with E-state index < -0.39 is 8.80 Å². The predicted molar refractivity (Wildman–Crippen MR) is 59.4 cm³/mol. The fourth-order valence-electron chi connectivity index (χ4n) is 1.97. The smallest absolute Gasteiger partial charge is 1.00 e. The molecule has 1 aliphatic rings. The van der Waals surface area contributed by atoms with E-state index in [9.17, 15) is 0 Å². The van der Waals surface area contributed by atoms with Gasteiger partial charge in [0.25, 0.3) is 0 Å². The monoisotopic (exact) mass is 340 g/mol. The summed E-state index contributed by atoms with van der Waals surface area (Å²) >= 11 is 0. The number of halogens is 2. The maximum absolute atomic E-state index is 2.48. The molecule has 0 saturated heterocycles. The predicted octanol–water partition coefficient (Wildman–Crippen LogP) is -2.46. The first-order valence-electron chi connectivity index (χ1n) is 4.77. The van der Waals surface area contributed by atoms with Gasteiger partial charge in [0.05, 0.1) is 0 Å². The van der Waals surface area contributed by atoms with Gasteiger partial charge in [-0.3, -0.25) is 0 Å². The fourth-order valence-corrected chi connectivity index (χ4v) is 3.63. The minimum Gasteiger partial charge on any atom is -1.00 e. The van der Waals surface area contributed by atoms with Crippen LogP contribution >= 0.6 is 0 Å². The first-order valence-corrected chi connectivity index (χ1v) is 7.66. The molecule has 15 heavy (non-hydrogen) atoms. The molecule has 0 radical (unpaired) electrons. The Morgan fingerprint density at radius 1 is 1.07 bits per heavy atom. The number of hydrogen-bond acceptors (Lipinski definition) is 0. The van der Waals surface area contributed by atoms with Crippen molar-refractivity contribution in [2.45, 2.75) is 45.8 Å². The van der Waals surface area contributed by atoms with Crippen LogP contribution in [0.1, 0.15) is 27.7 Å². The molecule has 0 saturated carbocycles. The summed E-state index contributed by atoms with van der Waals surface area (Å²) in [5.74, 6) is 0. The molecule has 1 atom stereocenters. The topological polar surface area (TPSA) is 0 Å². The molecular weight excluding hydrogens is 322 g/mol. The van der Waals surface area contributed by atoms with Crippen molar-refractivity contribution in [3.05, 3.63) is 22.8 Å². The molecule has 1 rings (SSSR count). The van der Waals surface area contributed by atoms with E-state index in [1.54, 1.807) is 5.57 Å². The van der Waals surface area contributed by atoms with E-state index in [1.165, 1.54) is 11.1 Å². The molecule has 0 aromatic heterocycles. The average molecular weight is 342 g/mol. The van der Waals surface area contributed by atoms with Gasteiger partial charge in [0.15, 0.2) is 0 Å². The molecule has 0 heterocycles. The van der Waals surface area contributed by atoms with E-state index in [0.717, 1.165) is 0 Å². The summed E-state index contributed by atoms with van der Waals surface area (Å²) in [5, 5.41) is 0.453. The molecular formula is C11H20Cl2SiZr. The average Bonchev–Trinajstić information content (AvgIpc) is 2.17. The zero-order chi connectivity index (χ0) is 9.52. The summed E-state index contributed by atoms with van der Waals surface area (Å²) in [7, 11) is -0.607. The SMILES string of the molecule is CC1=CC(C)([SiH](C)C)C(C)=C1C.[Cl-].[Cl-].[Zr+2]. The summed E-state index contributed by atoms with van der Waals surface area (Å²) in [5.41, 5.74) is 4.64. The Bertz CT molecular complexity index is 272. The van der Waals surface area contributed by atoms with Gasteiger partial charge in [-0.1, -0.05) is 37.2 Å². The molecule has 0 spiro atoms. The molecule has 0 aromatic rings. The fraction of sp³-hybridized carbons (Fsp3) is 0.636. The van der Waals surface area contributed by atoms with Crippen molar-refractivity contribution in [1.29, 1.82) is 0 Å². The second-order valence-corrected chi connectivity index (χ2v) is 8.02. The van der Waals surface area contributed by atoms with Crippen molar-refractivity contribution in [2.75, 3.05) is 0 Å². The second kappa shape index (κ2) is 7.48. The van der Waals surface area contributed by atoms with E-state index in [2.05, 4.69) is 46.9 Å². The van der Waals surface area contributed by atoms with Crippen molar-refractivity contribution in [1.82, 2.24) is 0 Å². The third kappa shape index (κ3) is 3.84. The first kappa shape index (κ1) is 21.4. The second-order valence-electron chi connectivity index (χ2n) is 4.51. The van der Waals surface area contributed by atoms with E-state index in [0.29, 0.717) is 5.04 Å². The van der Waals surface area contributed by atoms with E-state index in [-0.39, 0.29) is 51.0 Å². The molecule has 0 amide bonds. The maximum atomic E-state index is 2.48. The Morgan fingerprint density at radius 2 is 1.47 bits per heavy atom. The van der Waals surface area contributed by atoms with E-state index in [1.807, 2.05) is 0 Å². The zero-order valence-electron chi connectivity index (χ0n) is 10.4. The van der Waals surface area contributed by atoms with Gasteiger partial charge in [-0.2, -0.15) is 0 Å². The largest absolute Gasteiger partial charge is 2.00 e. The first-order chi connectivity index (χ1) is 5.39. The molecule has 1 aliphatic carbocycles. The Balaban J connectivity index is -0.000000480. The van der Waals surface area contributed by atoms with Crippen LogP contribution in [0, 0.1) is 0 Å². The van der Waals surface area contributed by atoms with Crippen LogP contribution in [0.3, 0.4) is 0 Å². The minimum atomic E-state index is -0.607. The number of allylic oxidation sites excluding steroid dienone is 4. The summed E-state index contributed by atoms with van der Waals surface area (Å²) < 4.78 is 0. The van der Waals surface area contributed by atoms with Crippen LogP contribution in [0.15, 0.2) is 22.8 Å². The molecule has 1 unspecified atom stereocenters. The maximum Gasteiger partial charge on any atom is 2.00 e. The quantitative estimate of drug-likeness (QED) is 0.464. The molecule has 0 aromatic carbocycles. The van der Waals surface area contributed by atoms with Gasteiger partial charge in [0.2, 0.25) is 0 Å². The normalized spacial score (nSPS) is 24.1. The summed E-state index contributed by atoms with van der Waals surface area (Å²) in [4.78, 5) is 0. The standard InChI is InChI=1S/C11H20Si.2ClH.Zr/c1-8-7-11(4,12(5)6)10(3)9(8)2;;;/h7,12H,1-6H3;2*1H;/q;;;+2/p-2. The van der Waals surface area contributed by atoms with Gasteiger partial charge in [-0.15, -0.1) is 0 Å². The van der Waals surface area contributed by atoms with Crippen LogP contribution in [0.2, 0.25) is 18.1 Å². The van der Waals surface area contributed by atoms with Crippen molar-refractivity contribution in [3.63, 3.8) is 0 Å². The minimum absolute atomic E-state index is 0. The molecule has 86 valence electrons. The molecule has 4 heteroatoms. The number of rotatable bonds is 1. The molecule has 0 bridgehead atoms. The van der Waals surface area contributed by atoms with Crippen LogP contribution in [0.5, 0.6) is 0 Å². The molecule has 0 nitrogen and oxygen atoms in total. The molecule has 0 fully saturated rings. The van der Waals surface area contributed by atoms with Gasteiger partial charge in [0.1, 0.15) is 0 Å².